The molecular weight excluding hydrogens is 311 g/mol. The highest BCUT2D eigenvalue weighted by atomic mass is 32.1. The lowest BCUT2D eigenvalue weighted by molar-refractivity contribution is 0.611. The van der Waals surface area contributed by atoms with Gasteiger partial charge in [-0.15, -0.1) is 0 Å². The lowest BCUT2D eigenvalue weighted by atomic mass is 10.1. The largest absolute Gasteiger partial charge is 0.393 e. The Morgan fingerprint density at radius 1 is 1.39 bits per heavy atom. The van der Waals surface area contributed by atoms with Crippen LogP contribution in [0.2, 0.25) is 0 Å². The Balaban J connectivity index is 2.21. The van der Waals surface area contributed by atoms with Gasteiger partial charge in [0.1, 0.15) is 17.2 Å². The van der Waals surface area contributed by atoms with Crippen molar-refractivity contribution in [2.75, 3.05) is 0 Å². The topological polar surface area (TPSA) is 56.7 Å². The molecule has 0 saturated heterocycles. The number of hydrogen-bond donors (Lipinski definition) is 1. The van der Waals surface area contributed by atoms with Crippen LogP contribution in [0.4, 0.5) is 4.39 Å². The summed E-state index contributed by atoms with van der Waals surface area (Å²) in [5.41, 5.74) is 9.00. The zero-order chi connectivity index (χ0) is 16.6. The molecule has 0 aliphatic carbocycles. The highest BCUT2D eigenvalue weighted by Crippen LogP contribution is 2.26. The zero-order valence-corrected chi connectivity index (χ0v) is 13.8. The molecule has 3 aromatic rings. The molecule has 0 bridgehead atoms. The number of benzene rings is 1. The molecule has 6 heteroatoms. The van der Waals surface area contributed by atoms with Gasteiger partial charge < -0.3 is 10.3 Å². The first-order valence-electron chi connectivity index (χ1n) is 7.34. The number of halogens is 1. The van der Waals surface area contributed by atoms with E-state index in [1.165, 1.54) is 12.1 Å². The molecule has 118 valence electrons. The maximum absolute atomic E-state index is 13.6. The standard InChI is InChI=1S/C17H17FN4S/c1-10-6-14-17(20-8-10)22(9-11(2)15(19)23)16(21-14)12-4-3-5-13(18)7-12/h3-8,11H,9H2,1-2H3,(H2,19,23). The van der Waals surface area contributed by atoms with E-state index in [-0.39, 0.29) is 11.7 Å². The molecule has 0 spiro atoms. The molecule has 1 atom stereocenters. The fourth-order valence-electron chi connectivity index (χ4n) is 2.50. The maximum atomic E-state index is 13.6. The van der Waals surface area contributed by atoms with Crippen molar-refractivity contribution in [2.45, 2.75) is 20.4 Å². The molecule has 2 aromatic heterocycles. The first-order chi connectivity index (χ1) is 11.0. The summed E-state index contributed by atoms with van der Waals surface area (Å²) in [5.74, 6) is 0.353. The van der Waals surface area contributed by atoms with E-state index < -0.39 is 0 Å². The molecule has 1 aromatic carbocycles. The minimum Gasteiger partial charge on any atom is -0.393 e. The smallest absolute Gasteiger partial charge is 0.160 e. The van der Waals surface area contributed by atoms with E-state index in [0.29, 0.717) is 22.9 Å². The Hall–Kier alpha value is -2.34. The van der Waals surface area contributed by atoms with Gasteiger partial charge in [0.15, 0.2) is 5.65 Å². The second-order valence-electron chi connectivity index (χ2n) is 5.72. The van der Waals surface area contributed by atoms with Gasteiger partial charge in [-0.1, -0.05) is 31.3 Å². The Bertz CT molecular complexity index is 887. The fraction of sp³-hybridized carbons (Fsp3) is 0.235. The molecule has 4 nitrogen and oxygen atoms in total. The number of hydrogen-bond acceptors (Lipinski definition) is 3. The second kappa shape index (κ2) is 6.04. The highest BCUT2D eigenvalue weighted by Gasteiger charge is 2.17. The summed E-state index contributed by atoms with van der Waals surface area (Å²) in [6, 6.07) is 8.35. The van der Waals surface area contributed by atoms with Gasteiger partial charge in [-0.3, -0.25) is 0 Å². The van der Waals surface area contributed by atoms with Crippen molar-refractivity contribution >= 4 is 28.4 Å². The predicted octanol–water partition coefficient (Wildman–Crippen LogP) is 3.47. The van der Waals surface area contributed by atoms with Gasteiger partial charge >= 0.3 is 0 Å². The number of aromatic nitrogens is 3. The van der Waals surface area contributed by atoms with Crippen LogP contribution >= 0.6 is 12.2 Å². The SMILES string of the molecule is Cc1cnc2c(c1)nc(-c1cccc(F)c1)n2CC(C)C(N)=S. The third-order valence-corrected chi connectivity index (χ3v) is 4.15. The normalized spacial score (nSPS) is 12.5. The molecule has 0 aliphatic rings. The van der Waals surface area contributed by atoms with Crippen molar-refractivity contribution < 1.29 is 4.39 Å². The van der Waals surface area contributed by atoms with Crippen LogP contribution in [0, 0.1) is 18.7 Å². The molecule has 3 rings (SSSR count). The third-order valence-electron chi connectivity index (χ3n) is 3.75. The molecule has 23 heavy (non-hydrogen) atoms. The number of fused-ring (bicyclic) bond motifs is 1. The van der Waals surface area contributed by atoms with E-state index in [0.717, 1.165) is 16.7 Å². The number of nitrogens with zero attached hydrogens (tertiary/aromatic N) is 3. The molecule has 0 aliphatic heterocycles. The molecule has 2 heterocycles. The lowest BCUT2D eigenvalue weighted by Crippen LogP contribution is -2.23. The quantitative estimate of drug-likeness (QED) is 0.745. The first-order valence-corrected chi connectivity index (χ1v) is 7.74. The lowest BCUT2D eigenvalue weighted by Gasteiger charge is -2.14. The molecule has 0 radical (unpaired) electrons. The molecule has 0 amide bonds. The van der Waals surface area contributed by atoms with Gasteiger partial charge in [0.05, 0.1) is 4.99 Å². The Labute approximate surface area is 139 Å². The van der Waals surface area contributed by atoms with E-state index in [1.807, 2.05) is 30.5 Å². The molecule has 2 N–H and O–H groups in total. The number of imidazole rings is 1. The first kappa shape index (κ1) is 15.6. The van der Waals surface area contributed by atoms with E-state index in [4.69, 9.17) is 18.0 Å². The van der Waals surface area contributed by atoms with Gasteiger partial charge in [0.2, 0.25) is 0 Å². The summed E-state index contributed by atoms with van der Waals surface area (Å²) in [7, 11) is 0. The van der Waals surface area contributed by atoms with Crippen molar-refractivity contribution in [2.24, 2.45) is 11.7 Å². The average molecular weight is 328 g/mol. The minimum atomic E-state index is -0.298. The van der Waals surface area contributed by atoms with E-state index in [1.54, 1.807) is 12.3 Å². The van der Waals surface area contributed by atoms with Crippen LogP contribution in [0.3, 0.4) is 0 Å². The van der Waals surface area contributed by atoms with Crippen LogP contribution in [-0.2, 0) is 6.54 Å². The Morgan fingerprint density at radius 2 is 2.17 bits per heavy atom. The molecule has 0 fully saturated rings. The highest BCUT2D eigenvalue weighted by molar-refractivity contribution is 7.80. The zero-order valence-electron chi connectivity index (χ0n) is 13.0. The second-order valence-corrected chi connectivity index (χ2v) is 6.19. The van der Waals surface area contributed by atoms with Crippen LogP contribution in [0.15, 0.2) is 36.5 Å². The monoisotopic (exact) mass is 328 g/mol. The summed E-state index contributed by atoms with van der Waals surface area (Å²) in [4.78, 5) is 9.57. The van der Waals surface area contributed by atoms with Crippen LogP contribution < -0.4 is 5.73 Å². The number of aryl methyl sites for hydroxylation is 1. The van der Waals surface area contributed by atoms with Crippen LogP contribution in [-0.4, -0.2) is 19.5 Å². The summed E-state index contributed by atoms with van der Waals surface area (Å²) in [5, 5.41) is 0. The van der Waals surface area contributed by atoms with Crippen molar-refractivity contribution in [3.05, 3.63) is 47.9 Å². The Morgan fingerprint density at radius 3 is 2.87 bits per heavy atom. The summed E-state index contributed by atoms with van der Waals surface area (Å²) in [6.45, 7) is 4.47. The number of pyridine rings is 1. The van der Waals surface area contributed by atoms with Crippen molar-refractivity contribution in [1.29, 1.82) is 0 Å². The van der Waals surface area contributed by atoms with Gasteiger partial charge in [-0.05, 0) is 30.7 Å². The Kier molecular flexibility index (Phi) is 4.09. The van der Waals surface area contributed by atoms with Crippen LogP contribution in [0.5, 0.6) is 0 Å². The maximum Gasteiger partial charge on any atom is 0.160 e. The third kappa shape index (κ3) is 3.07. The summed E-state index contributed by atoms with van der Waals surface area (Å²) < 4.78 is 15.6. The fourth-order valence-corrected chi connectivity index (χ4v) is 2.57. The number of rotatable bonds is 4. The van der Waals surface area contributed by atoms with E-state index in [2.05, 4.69) is 9.97 Å². The molecule has 0 saturated carbocycles. The van der Waals surface area contributed by atoms with Gasteiger partial charge in [-0.2, -0.15) is 0 Å². The van der Waals surface area contributed by atoms with E-state index in [9.17, 15) is 4.39 Å². The minimum absolute atomic E-state index is 0.0159. The van der Waals surface area contributed by atoms with Crippen molar-refractivity contribution in [3.63, 3.8) is 0 Å². The van der Waals surface area contributed by atoms with E-state index >= 15 is 0 Å². The van der Waals surface area contributed by atoms with Crippen molar-refractivity contribution in [3.8, 4) is 11.4 Å². The summed E-state index contributed by atoms with van der Waals surface area (Å²) >= 11 is 5.08. The molecular formula is C17H17FN4S. The predicted molar refractivity (Wildman–Crippen MR) is 93.6 cm³/mol. The number of nitrogens with two attached hydrogens (primary N) is 1. The van der Waals surface area contributed by atoms with Gasteiger partial charge in [-0.25, -0.2) is 14.4 Å². The van der Waals surface area contributed by atoms with Gasteiger partial charge in [0, 0.05) is 24.2 Å². The van der Waals surface area contributed by atoms with Gasteiger partial charge in [0.25, 0.3) is 0 Å². The molecule has 1 unspecified atom stereocenters. The summed E-state index contributed by atoms with van der Waals surface area (Å²) in [6.07, 6.45) is 1.79. The number of thiocarbonyl (C=S) groups is 1. The van der Waals surface area contributed by atoms with Crippen molar-refractivity contribution in [1.82, 2.24) is 14.5 Å². The van der Waals surface area contributed by atoms with Crippen LogP contribution in [0.25, 0.3) is 22.6 Å². The average Bonchev–Trinajstić information content (AvgIpc) is 2.85. The van der Waals surface area contributed by atoms with Crippen LogP contribution in [0.1, 0.15) is 12.5 Å².